The van der Waals surface area contributed by atoms with E-state index < -0.39 is 12.0 Å². The summed E-state index contributed by atoms with van der Waals surface area (Å²) in [6, 6.07) is 7.93. The van der Waals surface area contributed by atoms with Crippen LogP contribution in [-0.4, -0.2) is 50.7 Å². The maximum absolute atomic E-state index is 12.7. The van der Waals surface area contributed by atoms with Gasteiger partial charge in [-0.25, -0.2) is 4.79 Å². The van der Waals surface area contributed by atoms with Gasteiger partial charge in [-0.15, -0.1) is 0 Å². The number of hydrogen-bond acceptors (Lipinski definition) is 4. The average Bonchev–Trinajstić information content (AvgIpc) is 2.60. The van der Waals surface area contributed by atoms with Crippen molar-refractivity contribution < 1.29 is 24.0 Å². The van der Waals surface area contributed by atoms with E-state index in [4.69, 9.17) is 0 Å². The van der Waals surface area contributed by atoms with E-state index in [1.54, 1.807) is 11.8 Å². The van der Waals surface area contributed by atoms with Crippen molar-refractivity contribution in [1.29, 1.82) is 0 Å². The maximum Gasteiger partial charge on any atom is 0.414 e. The van der Waals surface area contributed by atoms with Crippen LogP contribution in [0.2, 0.25) is 0 Å². The van der Waals surface area contributed by atoms with Gasteiger partial charge in [0, 0.05) is 12.2 Å². The van der Waals surface area contributed by atoms with E-state index in [2.05, 4.69) is 10.1 Å². The highest BCUT2D eigenvalue weighted by Gasteiger charge is 2.26. The van der Waals surface area contributed by atoms with Crippen LogP contribution in [0.15, 0.2) is 24.3 Å². The van der Waals surface area contributed by atoms with Crippen molar-refractivity contribution in [3.05, 3.63) is 29.8 Å². The monoisotopic (exact) mass is 348 g/mol. The number of hydrogen-bond donors (Lipinski definition) is 2. The summed E-state index contributed by atoms with van der Waals surface area (Å²) in [7, 11) is 0. The summed E-state index contributed by atoms with van der Waals surface area (Å²) in [6.45, 7) is 5.35. The summed E-state index contributed by atoms with van der Waals surface area (Å²) in [6.07, 6.45) is 1.17. The number of carbonyl (C=O) groups is 3. The molecule has 1 aliphatic heterocycles. The fourth-order valence-electron chi connectivity index (χ4n) is 2.97. The first kappa shape index (κ1) is 18.9. The minimum Gasteiger partial charge on any atom is -0.450 e. The fraction of sp³-hybridized carbons (Fsp3) is 0.500. The van der Waals surface area contributed by atoms with Gasteiger partial charge < -0.3 is 14.5 Å². The van der Waals surface area contributed by atoms with E-state index in [1.165, 1.54) is 5.56 Å². The molecular weight excluding hydrogens is 322 g/mol. The maximum atomic E-state index is 12.7. The Balaban J connectivity index is 1.94. The molecule has 1 atom stereocenters. The minimum absolute atomic E-state index is 0.00654. The molecule has 0 radical (unpaired) electrons. The number of aryl methyl sites for hydroxylation is 1. The molecule has 3 amide bonds. The number of nitrogens with one attached hydrogen (secondary N) is 2. The Morgan fingerprint density at radius 1 is 1.20 bits per heavy atom. The molecule has 1 unspecified atom stereocenters. The zero-order chi connectivity index (χ0) is 18.2. The van der Waals surface area contributed by atoms with Crippen LogP contribution in [0.1, 0.15) is 25.8 Å². The molecule has 0 saturated carbocycles. The number of alkyl carbamates (subject to hydrolysis) is 1. The molecule has 0 aromatic heterocycles. The normalized spacial score (nSPS) is 14.4. The number of para-hydroxylation sites is 1. The van der Waals surface area contributed by atoms with Crippen molar-refractivity contribution >= 4 is 23.6 Å². The smallest absolute Gasteiger partial charge is 0.414 e. The predicted molar refractivity (Wildman–Crippen MR) is 93.5 cm³/mol. The Hall–Kier alpha value is -2.41. The van der Waals surface area contributed by atoms with Crippen LogP contribution in [0.3, 0.4) is 0 Å². The van der Waals surface area contributed by atoms with Gasteiger partial charge in [0.15, 0.2) is 13.1 Å². The van der Waals surface area contributed by atoms with E-state index >= 15 is 0 Å². The molecule has 2 rings (SSSR count). The Bertz CT molecular complexity index is 633. The second kappa shape index (κ2) is 9.17. The minimum atomic E-state index is -0.751. The summed E-state index contributed by atoms with van der Waals surface area (Å²) >= 11 is 0. The lowest BCUT2D eigenvalue weighted by atomic mass is 10.0. The number of amides is 3. The number of anilines is 1. The Labute approximate surface area is 147 Å². The molecule has 1 aromatic rings. The second-order valence-electron chi connectivity index (χ2n) is 6.00. The molecule has 0 saturated heterocycles. The van der Waals surface area contributed by atoms with Crippen LogP contribution in [0.25, 0.3) is 0 Å². The molecule has 136 valence electrons. The van der Waals surface area contributed by atoms with Gasteiger partial charge in [-0.1, -0.05) is 18.2 Å². The SMILES string of the molecule is CCOC(=O)NC(=O)C[NH+](CC)CC(=O)N1CCCc2ccccc21. The summed E-state index contributed by atoms with van der Waals surface area (Å²) in [5.74, 6) is -0.449. The molecule has 0 spiro atoms. The highest BCUT2D eigenvalue weighted by molar-refractivity contribution is 5.95. The Kier molecular flexibility index (Phi) is 6.94. The van der Waals surface area contributed by atoms with Crippen molar-refractivity contribution in [2.24, 2.45) is 0 Å². The lowest BCUT2D eigenvalue weighted by Gasteiger charge is -2.30. The molecule has 7 heteroatoms. The van der Waals surface area contributed by atoms with Crippen molar-refractivity contribution in [3.8, 4) is 0 Å². The third-order valence-electron chi connectivity index (χ3n) is 4.24. The molecule has 0 aliphatic carbocycles. The van der Waals surface area contributed by atoms with Gasteiger partial charge in [0.2, 0.25) is 0 Å². The number of rotatable bonds is 6. The molecule has 1 aromatic carbocycles. The average molecular weight is 348 g/mol. The number of likely N-dealkylation sites (N-methyl/N-ethyl adjacent to an activating group) is 1. The standard InChI is InChI=1S/C18H25N3O4/c1-3-20(12-16(22)19-18(24)25-4-2)13-17(23)21-11-7-9-14-8-5-6-10-15(14)21/h5-6,8,10H,3-4,7,9,11-13H2,1-2H3,(H,19,22,24)/p+1. The highest BCUT2D eigenvalue weighted by atomic mass is 16.5. The molecule has 0 bridgehead atoms. The van der Waals surface area contributed by atoms with Gasteiger partial charge in [-0.3, -0.25) is 14.9 Å². The quantitative estimate of drug-likeness (QED) is 0.767. The number of carbonyl (C=O) groups excluding carboxylic acids is 3. The summed E-state index contributed by atoms with van der Waals surface area (Å²) in [4.78, 5) is 38.5. The van der Waals surface area contributed by atoms with Crippen molar-refractivity contribution in [2.75, 3.05) is 37.7 Å². The lowest BCUT2D eigenvalue weighted by molar-refractivity contribution is -0.881. The van der Waals surface area contributed by atoms with E-state index in [0.29, 0.717) is 13.1 Å². The number of benzene rings is 1. The zero-order valence-electron chi connectivity index (χ0n) is 14.8. The lowest BCUT2D eigenvalue weighted by Crippen LogP contribution is -3.14. The number of ether oxygens (including phenoxy) is 1. The van der Waals surface area contributed by atoms with Crippen molar-refractivity contribution in [2.45, 2.75) is 26.7 Å². The highest BCUT2D eigenvalue weighted by Crippen LogP contribution is 2.26. The molecule has 1 aliphatic rings. The third-order valence-corrected chi connectivity index (χ3v) is 4.24. The van der Waals surface area contributed by atoms with Gasteiger partial charge in [0.25, 0.3) is 11.8 Å². The van der Waals surface area contributed by atoms with Crippen LogP contribution in [-0.2, 0) is 20.7 Å². The summed E-state index contributed by atoms with van der Waals surface area (Å²) in [5, 5.41) is 2.17. The van der Waals surface area contributed by atoms with E-state index in [-0.39, 0.29) is 25.6 Å². The van der Waals surface area contributed by atoms with Crippen molar-refractivity contribution in [1.82, 2.24) is 5.32 Å². The first-order chi connectivity index (χ1) is 12.0. The second-order valence-corrected chi connectivity index (χ2v) is 6.00. The van der Waals surface area contributed by atoms with Crippen LogP contribution >= 0.6 is 0 Å². The third kappa shape index (κ3) is 5.29. The summed E-state index contributed by atoms with van der Waals surface area (Å²) < 4.78 is 4.69. The molecule has 2 N–H and O–H groups in total. The van der Waals surface area contributed by atoms with E-state index in [9.17, 15) is 14.4 Å². The number of nitrogens with zero attached hydrogens (tertiary/aromatic N) is 1. The van der Waals surface area contributed by atoms with Gasteiger partial charge in [-0.05, 0) is 38.3 Å². The first-order valence-corrected chi connectivity index (χ1v) is 8.73. The molecule has 0 fully saturated rings. The van der Waals surface area contributed by atoms with Crippen LogP contribution < -0.4 is 15.1 Å². The molecular formula is C18H26N3O4+. The fourth-order valence-corrected chi connectivity index (χ4v) is 2.97. The van der Waals surface area contributed by atoms with Gasteiger partial charge in [0.1, 0.15) is 0 Å². The van der Waals surface area contributed by atoms with E-state index in [0.717, 1.165) is 23.4 Å². The van der Waals surface area contributed by atoms with Gasteiger partial charge >= 0.3 is 6.09 Å². The Morgan fingerprint density at radius 2 is 1.96 bits per heavy atom. The largest absolute Gasteiger partial charge is 0.450 e. The first-order valence-electron chi connectivity index (χ1n) is 8.73. The molecule has 25 heavy (non-hydrogen) atoms. The molecule has 1 heterocycles. The molecule has 7 nitrogen and oxygen atoms in total. The van der Waals surface area contributed by atoms with Gasteiger partial charge in [-0.2, -0.15) is 0 Å². The predicted octanol–water partition coefficient (Wildman–Crippen LogP) is 0.143. The topological polar surface area (TPSA) is 80.1 Å². The van der Waals surface area contributed by atoms with Crippen LogP contribution in [0.4, 0.5) is 10.5 Å². The number of fused-ring (bicyclic) bond motifs is 1. The van der Waals surface area contributed by atoms with E-state index in [1.807, 2.05) is 31.2 Å². The van der Waals surface area contributed by atoms with Crippen LogP contribution in [0.5, 0.6) is 0 Å². The van der Waals surface area contributed by atoms with Crippen molar-refractivity contribution in [3.63, 3.8) is 0 Å². The Morgan fingerprint density at radius 3 is 2.68 bits per heavy atom. The van der Waals surface area contributed by atoms with Crippen LogP contribution in [0, 0.1) is 0 Å². The summed E-state index contributed by atoms with van der Waals surface area (Å²) in [5.41, 5.74) is 2.14. The number of imide groups is 1. The zero-order valence-corrected chi connectivity index (χ0v) is 14.8. The number of quaternary nitrogens is 1. The van der Waals surface area contributed by atoms with Gasteiger partial charge in [0.05, 0.1) is 13.2 Å².